The molecule has 0 fully saturated rings. The highest BCUT2D eigenvalue weighted by molar-refractivity contribution is 5.95. The third-order valence-electron chi connectivity index (χ3n) is 3.63. The zero-order valence-electron chi connectivity index (χ0n) is 13.9. The molecule has 2 unspecified atom stereocenters. The molecule has 1 aromatic carbocycles. The molecule has 0 aromatic heterocycles. The number of nitrogens with one attached hydrogen (secondary N) is 1. The lowest BCUT2D eigenvalue weighted by Gasteiger charge is -2.26. The van der Waals surface area contributed by atoms with E-state index in [1.165, 1.54) is 4.90 Å². The van der Waals surface area contributed by atoms with Crippen molar-refractivity contribution in [2.75, 3.05) is 18.4 Å². The molecule has 2 amide bonds. The van der Waals surface area contributed by atoms with Crippen LogP contribution in [0.4, 0.5) is 18.9 Å². The normalized spacial score (nSPS) is 13.3. The number of nitrogens with two attached hydrogens (primary N) is 1. The van der Waals surface area contributed by atoms with Crippen molar-refractivity contribution < 1.29 is 22.8 Å². The van der Waals surface area contributed by atoms with Gasteiger partial charge in [-0.15, -0.1) is 0 Å². The highest BCUT2D eigenvalue weighted by Crippen LogP contribution is 2.19. The molecule has 1 aromatic rings. The lowest BCUT2D eigenvalue weighted by Crippen LogP contribution is -2.45. The average molecular weight is 345 g/mol. The predicted octanol–water partition coefficient (Wildman–Crippen LogP) is 2.26. The molecule has 0 saturated carbocycles. The van der Waals surface area contributed by atoms with Crippen LogP contribution in [0.2, 0.25) is 0 Å². The van der Waals surface area contributed by atoms with E-state index in [0.717, 1.165) is 6.07 Å². The number of benzene rings is 1. The maximum Gasteiger partial charge on any atom is 0.244 e. The Morgan fingerprint density at radius 1 is 1.21 bits per heavy atom. The van der Waals surface area contributed by atoms with Gasteiger partial charge in [-0.2, -0.15) is 0 Å². The summed E-state index contributed by atoms with van der Waals surface area (Å²) < 4.78 is 39.6. The third-order valence-corrected chi connectivity index (χ3v) is 3.63. The Hall–Kier alpha value is -2.09. The summed E-state index contributed by atoms with van der Waals surface area (Å²) in [6, 6.07) is 1.24. The lowest BCUT2D eigenvalue weighted by atomic mass is 10.0. The van der Waals surface area contributed by atoms with Crippen LogP contribution in [-0.4, -0.2) is 35.8 Å². The Morgan fingerprint density at radius 2 is 1.83 bits per heavy atom. The minimum absolute atomic E-state index is 0.298. The molecule has 0 aliphatic carbocycles. The summed E-state index contributed by atoms with van der Waals surface area (Å²) in [5, 5.41) is 2.14. The summed E-state index contributed by atoms with van der Waals surface area (Å²) in [6.45, 7) is 5.17. The van der Waals surface area contributed by atoms with E-state index in [2.05, 4.69) is 5.32 Å². The topological polar surface area (TPSA) is 75.4 Å². The zero-order chi connectivity index (χ0) is 18.4. The first-order valence-electron chi connectivity index (χ1n) is 7.66. The highest BCUT2D eigenvalue weighted by Gasteiger charge is 2.25. The Bertz CT molecular complexity index is 608. The first-order chi connectivity index (χ1) is 11.2. The molecule has 3 N–H and O–H groups in total. The summed E-state index contributed by atoms with van der Waals surface area (Å²) >= 11 is 0. The van der Waals surface area contributed by atoms with Crippen molar-refractivity contribution in [2.24, 2.45) is 11.7 Å². The van der Waals surface area contributed by atoms with Crippen molar-refractivity contribution >= 4 is 17.5 Å². The van der Waals surface area contributed by atoms with Crippen LogP contribution in [0.25, 0.3) is 0 Å². The minimum atomic E-state index is -1.67. The van der Waals surface area contributed by atoms with Gasteiger partial charge in [0.05, 0.1) is 18.2 Å². The molecule has 0 aliphatic heterocycles. The maximum absolute atomic E-state index is 13.6. The number of halogens is 3. The maximum atomic E-state index is 13.6. The van der Waals surface area contributed by atoms with Gasteiger partial charge in [0.1, 0.15) is 0 Å². The molecule has 24 heavy (non-hydrogen) atoms. The van der Waals surface area contributed by atoms with E-state index in [1.54, 1.807) is 13.8 Å². The molecule has 5 nitrogen and oxygen atoms in total. The van der Waals surface area contributed by atoms with Crippen molar-refractivity contribution in [2.45, 2.75) is 33.2 Å². The fourth-order valence-corrected chi connectivity index (χ4v) is 2.04. The van der Waals surface area contributed by atoms with E-state index in [0.29, 0.717) is 19.0 Å². The molecule has 8 heteroatoms. The number of carbonyl (C=O) groups excluding carboxylic acids is 2. The molecule has 0 saturated heterocycles. The van der Waals surface area contributed by atoms with Crippen LogP contribution in [0.15, 0.2) is 12.1 Å². The Morgan fingerprint density at radius 3 is 2.38 bits per heavy atom. The molecule has 0 spiro atoms. The summed E-state index contributed by atoms with van der Waals surface area (Å²) in [6.07, 6.45) is 0.615. The van der Waals surface area contributed by atoms with Gasteiger partial charge >= 0.3 is 0 Å². The van der Waals surface area contributed by atoms with Crippen molar-refractivity contribution in [3.8, 4) is 0 Å². The first kappa shape index (κ1) is 20.0. The summed E-state index contributed by atoms with van der Waals surface area (Å²) in [7, 11) is 0. The average Bonchev–Trinajstić information content (AvgIpc) is 2.53. The van der Waals surface area contributed by atoms with Crippen molar-refractivity contribution in [1.29, 1.82) is 0 Å². The SMILES string of the molecule is CCCN(CC(=O)Nc1ccc(F)c(F)c1F)C(=O)C(C)C(C)N. The van der Waals surface area contributed by atoms with Gasteiger partial charge in [-0.25, -0.2) is 13.2 Å². The summed E-state index contributed by atoms with van der Waals surface area (Å²) in [5.41, 5.74) is 5.22. The van der Waals surface area contributed by atoms with Crippen molar-refractivity contribution in [1.82, 2.24) is 4.90 Å². The Labute approximate surface area is 139 Å². The van der Waals surface area contributed by atoms with Gasteiger partial charge in [0.15, 0.2) is 17.5 Å². The molecular formula is C16H22F3N3O2. The monoisotopic (exact) mass is 345 g/mol. The standard InChI is InChI=1S/C16H22F3N3O2/c1-4-7-22(16(24)9(2)10(3)20)8-13(23)21-12-6-5-11(17)14(18)15(12)19/h5-6,9-10H,4,7-8,20H2,1-3H3,(H,21,23). The molecule has 1 rings (SSSR count). The van der Waals surface area contributed by atoms with Crippen LogP contribution < -0.4 is 11.1 Å². The third kappa shape index (κ3) is 4.95. The molecule has 0 heterocycles. The fourth-order valence-electron chi connectivity index (χ4n) is 2.04. The molecule has 0 radical (unpaired) electrons. The van der Waals surface area contributed by atoms with Crippen molar-refractivity contribution in [3.63, 3.8) is 0 Å². The van der Waals surface area contributed by atoms with Gasteiger partial charge in [-0.05, 0) is 25.5 Å². The Balaban J connectivity index is 2.83. The van der Waals surface area contributed by atoms with Crippen LogP contribution >= 0.6 is 0 Å². The Kier molecular flexibility index (Phi) is 7.21. The fraction of sp³-hybridized carbons (Fsp3) is 0.500. The van der Waals surface area contributed by atoms with Crippen LogP contribution in [0.5, 0.6) is 0 Å². The van der Waals surface area contributed by atoms with E-state index in [4.69, 9.17) is 5.73 Å². The quantitative estimate of drug-likeness (QED) is 0.745. The van der Waals surface area contributed by atoms with E-state index in [9.17, 15) is 22.8 Å². The second kappa shape index (κ2) is 8.68. The van der Waals surface area contributed by atoms with Gasteiger partial charge < -0.3 is 16.0 Å². The second-order valence-electron chi connectivity index (χ2n) is 5.68. The number of hydrogen-bond donors (Lipinski definition) is 2. The number of rotatable bonds is 7. The molecule has 134 valence electrons. The van der Waals surface area contributed by atoms with Gasteiger partial charge in [0.25, 0.3) is 0 Å². The lowest BCUT2D eigenvalue weighted by molar-refractivity contribution is -0.138. The van der Waals surface area contributed by atoms with Gasteiger partial charge in [-0.3, -0.25) is 9.59 Å². The number of anilines is 1. The van der Waals surface area contributed by atoms with Crippen LogP contribution in [0.1, 0.15) is 27.2 Å². The van der Waals surface area contributed by atoms with Gasteiger partial charge in [0, 0.05) is 12.6 Å². The van der Waals surface area contributed by atoms with Crippen LogP contribution in [0, 0.1) is 23.4 Å². The van der Waals surface area contributed by atoms with Gasteiger partial charge in [-0.1, -0.05) is 13.8 Å². The highest BCUT2D eigenvalue weighted by atomic mass is 19.2. The van der Waals surface area contributed by atoms with Crippen LogP contribution in [0.3, 0.4) is 0 Å². The number of amides is 2. The largest absolute Gasteiger partial charge is 0.333 e. The smallest absolute Gasteiger partial charge is 0.244 e. The summed E-state index contributed by atoms with van der Waals surface area (Å²) in [5.74, 6) is -5.99. The van der Waals surface area contributed by atoms with Gasteiger partial charge in [0.2, 0.25) is 11.8 Å². The summed E-state index contributed by atoms with van der Waals surface area (Å²) in [4.78, 5) is 25.6. The number of carbonyl (C=O) groups is 2. The second-order valence-corrected chi connectivity index (χ2v) is 5.68. The van der Waals surface area contributed by atoms with Crippen molar-refractivity contribution in [3.05, 3.63) is 29.6 Å². The minimum Gasteiger partial charge on any atom is -0.333 e. The molecule has 2 atom stereocenters. The van der Waals surface area contributed by atoms with E-state index in [1.807, 2.05) is 6.92 Å². The van der Waals surface area contributed by atoms with E-state index in [-0.39, 0.29) is 18.5 Å². The van der Waals surface area contributed by atoms with E-state index < -0.39 is 35.0 Å². The first-order valence-corrected chi connectivity index (χ1v) is 7.66. The van der Waals surface area contributed by atoms with Crippen LogP contribution in [-0.2, 0) is 9.59 Å². The zero-order valence-corrected chi connectivity index (χ0v) is 13.9. The van der Waals surface area contributed by atoms with E-state index >= 15 is 0 Å². The molecule has 0 aliphatic rings. The molecular weight excluding hydrogens is 323 g/mol. The predicted molar refractivity (Wildman–Crippen MR) is 84.6 cm³/mol. The number of hydrogen-bond acceptors (Lipinski definition) is 3. The molecule has 0 bridgehead atoms. The number of nitrogens with zero attached hydrogens (tertiary/aromatic N) is 1.